The van der Waals surface area contributed by atoms with Gasteiger partial charge in [-0.25, -0.2) is 9.97 Å². The number of amides is 1. The Morgan fingerprint density at radius 2 is 2.02 bits per heavy atom. The number of nitrogens with zero attached hydrogens (tertiary/aromatic N) is 8. The monoisotopic (exact) mass is 582 g/mol. The molecule has 3 N–H and O–H groups in total. The zero-order chi connectivity index (χ0) is 29.4. The molecule has 13 nitrogen and oxygen atoms in total. The normalized spacial score (nSPS) is 27.6. The summed E-state index contributed by atoms with van der Waals surface area (Å²) in [6, 6.07) is 4.31. The van der Waals surface area contributed by atoms with Gasteiger partial charge in [-0.05, 0) is 68.3 Å². The number of nitrogens with two attached hydrogens (primary N) is 1. The van der Waals surface area contributed by atoms with Gasteiger partial charge in [-0.2, -0.15) is 20.2 Å². The molecule has 0 bridgehead atoms. The van der Waals surface area contributed by atoms with Crippen molar-refractivity contribution >= 4 is 17.7 Å². The molecule has 4 aliphatic carbocycles. The predicted molar refractivity (Wildman–Crippen MR) is 154 cm³/mol. The van der Waals surface area contributed by atoms with E-state index in [-0.39, 0.29) is 29.9 Å². The highest BCUT2D eigenvalue weighted by atomic mass is 16.5. The molecule has 3 unspecified atom stereocenters. The number of rotatable bonds is 10. The summed E-state index contributed by atoms with van der Waals surface area (Å²) < 4.78 is 13.9. The number of carbonyl (C=O) groups is 1. The Kier molecular flexibility index (Phi) is 5.64. The summed E-state index contributed by atoms with van der Waals surface area (Å²) in [4.78, 5) is 37.6. The van der Waals surface area contributed by atoms with E-state index in [4.69, 9.17) is 15.2 Å². The summed E-state index contributed by atoms with van der Waals surface area (Å²) in [5.74, 6) is 2.20. The van der Waals surface area contributed by atoms with Crippen molar-refractivity contribution < 1.29 is 14.3 Å². The fraction of sp³-hybridized carbons (Fsp3) is 0.567. The van der Waals surface area contributed by atoms with E-state index in [1.807, 2.05) is 23.9 Å². The third kappa shape index (κ3) is 4.51. The molecule has 13 heteroatoms. The van der Waals surface area contributed by atoms with Crippen LogP contribution in [-0.4, -0.2) is 67.2 Å². The van der Waals surface area contributed by atoms with Gasteiger partial charge in [0.05, 0.1) is 30.1 Å². The SMILES string of the molecule is Cn1cnc(-c2cnc(N)c(OCC3CCN(c4nc(OCC5(C#N)CC5)nc(C(=O)NC56CC7CC75C6)n4)CC3)c2)c1. The number of nitrogens with one attached hydrogen (secondary N) is 1. The Bertz CT molecular complexity index is 1650. The van der Waals surface area contributed by atoms with Crippen LogP contribution in [0.15, 0.2) is 24.8 Å². The van der Waals surface area contributed by atoms with Gasteiger partial charge >= 0.3 is 6.01 Å². The van der Waals surface area contributed by atoms with Gasteiger partial charge in [0.25, 0.3) is 5.91 Å². The number of anilines is 2. The number of aromatic nitrogens is 6. The molecule has 3 atom stereocenters. The average molecular weight is 583 g/mol. The van der Waals surface area contributed by atoms with Crippen LogP contribution in [0.5, 0.6) is 11.8 Å². The molecule has 0 aromatic carbocycles. The summed E-state index contributed by atoms with van der Waals surface area (Å²) in [5.41, 5.74) is 7.59. The van der Waals surface area contributed by atoms with E-state index in [2.05, 4.69) is 41.2 Å². The summed E-state index contributed by atoms with van der Waals surface area (Å²) >= 11 is 0. The van der Waals surface area contributed by atoms with Crippen molar-refractivity contribution in [3.05, 3.63) is 30.6 Å². The van der Waals surface area contributed by atoms with Crippen molar-refractivity contribution in [3.8, 4) is 29.1 Å². The molecule has 222 valence electrons. The molecule has 1 spiro atoms. The van der Waals surface area contributed by atoms with Crippen LogP contribution in [0.1, 0.15) is 55.6 Å². The number of piperidine rings is 1. The van der Waals surface area contributed by atoms with E-state index >= 15 is 0 Å². The van der Waals surface area contributed by atoms with E-state index in [0.29, 0.717) is 48.5 Å². The first-order chi connectivity index (χ1) is 20.8. The number of nitrogen functional groups attached to an aromatic ring is 1. The molecular formula is C30H34N10O3. The Morgan fingerprint density at radius 3 is 2.67 bits per heavy atom. The topological polar surface area (TPSA) is 170 Å². The predicted octanol–water partition coefficient (Wildman–Crippen LogP) is 2.51. The van der Waals surface area contributed by atoms with E-state index in [1.54, 1.807) is 12.5 Å². The molecule has 4 saturated carbocycles. The summed E-state index contributed by atoms with van der Waals surface area (Å²) in [5, 5.41) is 12.7. The minimum absolute atomic E-state index is 0.0597. The van der Waals surface area contributed by atoms with Gasteiger partial charge in [-0.15, -0.1) is 0 Å². The lowest BCUT2D eigenvalue weighted by atomic mass is 9.93. The second-order valence-electron chi connectivity index (χ2n) is 13.2. The van der Waals surface area contributed by atoms with Gasteiger partial charge in [-0.1, -0.05) is 0 Å². The maximum atomic E-state index is 13.3. The van der Waals surface area contributed by atoms with E-state index in [1.165, 1.54) is 6.42 Å². The number of imidazole rings is 1. The van der Waals surface area contributed by atoms with Crippen molar-refractivity contribution in [1.29, 1.82) is 5.26 Å². The Morgan fingerprint density at radius 1 is 1.19 bits per heavy atom. The fourth-order valence-corrected chi connectivity index (χ4v) is 7.08. The molecule has 1 saturated heterocycles. The number of aryl methyl sites for hydroxylation is 1. The van der Waals surface area contributed by atoms with Crippen LogP contribution in [0.4, 0.5) is 11.8 Å². The van der Waals surface area contributed by atoms with Crippen molar-refractivity contribution in [2.75, 3.05) is 36.9 Å². The molecule has 5 aliphatic rings. The van der Waals surface area contributed by atoms with Crippen molar-refractivity contribution in [2.24, 2.45) is 29.7 Å². The van der Waals surface area contributed by atoms with Crippen LogP contribution in [0.2, 0.25) is 0 Å². The van der Waals surface area contributed by atoms with Gasteiger partial charge in [0, 0.05) is 43.6 Å². The minimum Gasteiger partial charge on any atom is -0.489 e. The number of hydrogen-bond acceptors (Lipinski definition) is 11. The number of nitriles is 1. The highest BCUT2D eigenvalue weighted by Gasteiger charge is 2.89. The maximum absolute atomic E-state index is 13.3. The lowest BCUT2D eigenvalue weighted by Crippen LogP contribution is -2.44. The largest absolute Gasteiger partial charge is 0.489 e. The second kappa shape index (κ2) is 9.26. The molecule has 8 rings (SSSR count). The minimum atomic E-state index is -0.476. The van der Waals surface area contributed by atoms with Crippen molar-refractivity contribution in [3.63, 3.8) is 0 Å². The molecule has 1 amide bonds. The quantitative estimate of drug-likeness (QED) is 0.360. The number of pyridine rings is 1. The van der Waals surface area contributed by atoms with E-state index in [9.17, 15) is 10.1 Å². The summed E-state index contributed by atoms with van der Waals surface area (Å²) in [6.07, 6.45) is 12.0. The Hall–Kier alpha value is -4.47. The van der Waals surface area contributed by atoms with Crippen LogP contribution in [0.3, 0.4) is 0 Å². The van der Waals surface area contributed by atoms with Crippen LogP contribution >= 0.6 is 0 Å². The van der Waals surface area contributed by atoms with E-state index in [0.717, 1.165) is 55.7 Å². The molecule has 43 heavy (non-hydrogen) atoms. The van der Waals surface area contributed by atoms with E-state index < -0.39 is 5.41 Å². The van der Waals surface area contributed by atoms with Crippen LogP contribution < -0.4 is 25.4 Å². The fourth-order valence-electron chi connectivity index (χ4n) is 7.08. The first-order valence-electron chi connectivity index (χ1n) is 15.0. The zero-order valence-electron chi connectivity index (χ0n) is 24.1. The second-order valence-corrected chi connectivity index (χ2v) is 13.2. The Labute approximate surface area is 248 Å². The van der Waals surface area contributed by atoms with Gasteiger partial charge in [-0.3, -0.25) is 4.79 Å². The molecule has 3 aromatic rings. The van der Waals surface area contributed by atoms with Crippen LogP contribution in [-0.2, 0) is 7.05 Å². The third-order valence-electron chi connectivity index (χ3n) is 10.3. The first-order valence-corrected chi connectivity index (χ1v) is 15.0. The lowest BCUT2D eigenvalue weighted by Gasteiger charge is -2.32. The average Bonchev–Trinajstić information content (AvgIpc) is 3.95. The van der Waals surface area contributed by atoms with Crippen LogP contribution in [0, 0.1) is 34.0 Å². The maximum Gasteiger partial charge on any atom is 0.322 e. The molecule has 0 radical (unpaired) electrons. The van der Waals surface area contributed by atoms with Gasteiger partial charge in [0.1, 0.15) is 6.61 Å². The number of carbonyl (C=O) groups excluding carboxylic acids is 1. The molecule has 5 fully saturated rings. The standard InChI is InChI=1S/C30H34N10O3/c1-39-12-21(34-17-39)19-8-22(23(32)33-11-19)42-13-18-2-6-40(7-3-18)26-35-24(25(41)38-30-10-20-9-29(20,30)14-30)36-27(37-26)43-16-28(15-31)4-5-28/h8,11-12,17-18,20H,2-7,9-10,13-14,16H2,1H3,(H2,32,33)(H,38,41). The summed E-state index contributed by atoms with van der Waals surface area (Å²) in [7, 11) is 1.92. The van der Waals surface area contributed by atoms with Gasteiger partial charge in [0.2, 0.25) is 11.8 Å². The molecule has 4 heterocycles. The Balaban J connectivity index is 0.927. The molecule has 1 aliphatic heterocycles. The molecular weight excluding hydrogens is 548 g/mol. The van der Waals surface area contributed by atoms with Crippen molar-refractivity contribution in [1.82, 2.24) is 34.8 Å². The van der Waals surface area contributed by atoms with Crippen LogP contribution in [0.25, 0.3) is 11.3 Å². The van der Waals surface area contributed by atoms with Gasteiger partial charge < -0.3 is 30.0 Å². The zero-order valence-corrected chi connectivity index (χ0v) is 24.1. The van der Waals surface area contributed by atoms with Gasteiger partial charge in [0.15, 0.2) is 11.6 Å². The highest BCUT2D eigenvalue weighted by molar-refractivity contribution is 5.92. The van der Waals surface area contributed by atoms with Crippen molar-refractivity contribution in [2.45, 2.75) is 50.5 Å². The first kappa shape index (κ1) is 26.2. The lowest BCUT2D eigenvalue weighted by molar-refractivity contribution is 0.0892. The number of hydrogen-bond donors (Lipinski definition) is 2. The summed E-state index contributed by atoms with van der Waals surface area (Å²) in [6.45, 7) is 2.10. The molecule has 3 aromatic heterocycles. The third-order valence-corrected chi connectivity index (χ3v) is 10.3. The number of ether oxygens (including phenoxy) is 2. The smallest absolute Gasteiger partial charge is 0.322 e. The highest BCUT2D eigenvalue weighted by Crippen LogP contribution is 2.89.